The molecule has 0 unspecified atom stereocenters. The lowest BCUT2D eigenvalue weighted by Gasteiger charge is -2.16. The predicted octanol–water partition coefficient (Wildman–Crippen LogP) is 4.37. The van der Waals surface area contributed by atoms with Crippen LogP contribution in [0.15, 0.2) is 24.3 Å². The summed E-state index contributed by atoms with van der Waals surface area (Å²) < 4.78 is 5.14. The van der Waals surface area contributed by atoms with Crippen molar-refractivity contribution in [2.45, 2.75) is 90.8 Å². The lowest BCUT2D eigenvalue weighted by Crippen LogP contribution is -2.18. The maximum Gasteiger partial charge on any atom is 0.308 e. The second-order valence-corrected chi connectivity index (χ2v) is 8.39. The van der Waals surface area contributed by atoms with Crippen molar-refractivity contribution >= 4 is 11.8 Å². The number of Topliss-reactive ketones (excluding diaryl/α,β-unsaturated/α-hetero) is 1. The summed E-state index contributed by atoms with van der Waals surface area (Å²) in [7, 11) is 0. The number of allylic oxidation sites excluding steroid dienone is 2. The van der Waals surface area contributed by atoms with E-state index in [4.69, 9.17) is 4.74 Å². The molecule has 1 fully saturated rings. The number of hydrogen-bond donors (Lipinski definition) is 2. The van der Waals surface area contributed by atoms with Crippen molar-refractivity contribution in [1.29, 1.82) is 0 Å². The largest absolute Gasteiger partial charge is 0.465 e. The Morgan fingerprint density at radius 3 is 2.66 bits per heavy atom. The zero-order valence-corrected chi connectivity index (χ0v) is 18.4. The third-order valence-corrected chi connectivity index (χ3v) is 5.43. The van der Waals surface area contributed by atoms with Crippen molar-refractivity contribution in [3.05, 3.63) is 24.3 Å². The van der Waals surface area contributed by atoms with E-state index in [1.165, 1.54) is 0 Å². The van der Waals surface area contributed by atoms with Gasteiger partial charge in [-0.25, -0.2) is 0 Å². The van der Waals surface area contributed by atoms with E-state index in [1.54, 1.807) is 6.08 Å². The number of carbonyl (C=O) groups is 2. The van der Waals surface area contributed by atoms with Gasteiger partial charge in [0.15, 0.2) is 0 Å². The molecule has 0 amide bonds. The monoisotopic (exact) mass is 408 g/mol. The summed E-state index contributed by atoms with van der Waals surface area (Å²) in [5, 5.41) is 20.3. The van der Waals surface area contributed by atoms with Crippen molar-refractivity contribution in [2.75, 3.05) is 6.61 Å². The molecule has 0 aliphatic heterocycles. The van der Waals surface area contributed by atoms with Crippen molar-refractivity contribution in [1.82, 2.24) is 0 Å². The first-order valence-electron chi connectivity index (χ1n) is 11.3. The molecule has 2 N–H and O–H groups in total. The highest BCUT2D eigenvalue weighted by Crippen LogP contribution is 2.33. The lowest BCUT2D eigenvalue weighted by atomic mass is 9.90. The number of ketones is 1. The first kappa shape index (κ1) is 25.6. The molecule has 0 aromatic rings. The Balaban J connectivity index is 2.35. The molecule has 5 nitrogen and oxygen atoms in total. The van der Waals surface area contributed by atoms with Gasteiger partial charge in [0.05, 0.1) is 24.7 Å². The minimum Gasteiger partial charge on any atom is -0.465 e. The van der Waals surface area contributed by atoms with Crippen molar-refractivity contribution in [3.63, 3.8) is 0 Å². The first-order valence-corrected chi connectivity index (χ1v) is 11.3. The molecule has 4 atom stereocenters. The summed E-state index contributed by atoms with van der Waals surface area (Å²) in [5.74, 6) is -0.587. The highest BCUT2D eigenvalue weighted by atomic mass is 16.5. The molecule has 1 saturated carbocycles. The van der Waals surface area contributed by atoms with Crippen LogP contribution in [0.3, 0.4) is 0 Å². The van der Waals surface area contributed by atoms with Crippen molar-refractivity contribution < 1.29 is 24.5 Å². The van der Waals surface area contributed by atoms with Gasteiger partial charge in [0, 0.05) is 18.3 Å². The van der Waals surface area contributed by atoms with Crippen LogP contribution in [0.5, 0.6) is 0 Å². The van der Waals surface area contributed by atoms with Crippen LogP contribution in [0.1, 0.15) is 78.6 Å². The van der Waals surface area contributed by atoms with E-state index >= 15 is 0 Å². The molecule has 0 spiro atoms. The van der Waals surface area contributed by atoms with Gasteiger partial charge in [0.1, 0.15) is 5.78 Å². The zero-order valence-electron chi connectivity index (χ0n) is 18.4. The van der Waals surface area contributed by atoms with Crippen LogP contribution in [0.2, 0.25) is 0 Å². The van der Waals surface area contributed by atoms with Gasteiger partial charge in [-0.2, -0.15) is 0 Å². The number of rotatable bonds is 14. The van der Waals surface area contributed by atoms with E-state index in [9.17, 15) is 19.8 Å². The molecule has 0 saturated heterocycles. The SMILES string of the molecule is CCCCC[C@H](O)/C=C/[C@H]1[C@H](O)CC(=O)[C@@H]1C/C=C\CCCCOC(=O)C(C)C. The van der Waals surface area contributed by atoms with E-state index in [2.05, 4.69) is 13.0 Å². The fraction of sp³-hybridized carbons (Fsp3) is 0.750. The van der Waals surface area contributed by atoms with Gasteiger partial charge in [-0.05, 0) is 32.1 Å². The van der Waals surface area contributed by atoms with Crippen LogP contribution in [0.25, 0.3) is 0 Å². The minimum atomic E-state index is -0.657. The molecule has 1 aliphatic carbocycles. The molecule has 29 heavy (non-hydrogen) atoms. The lowest BCUT2D eigenvalue weighted by molar-refractivity contribution is -0.147. The average molecular weight is 409 g/mol. The summed E-state index contributed by atoms with van der Waals surface area (Å²) >= 11 is 0. The number of aliphatic hydroxyl groups excluding tert-OH is 2. The van der Waals surface area contributed by atoms with Crippen LogP contribution < -0.4 is 0 Å². The molecule has 1 rings (SSSR count). The Hall–Kier alpha value is -1.46. The molecule has 0 aromatic carbocycles. The molecule has 166 valence electrons. The van der Waals surface area contributed by atoms with Gasteiger partial charge < -0.3 is 14.9 Å². The van der Waals surface area contributed by atoms with Gasteiger partial charge in [-0.1, -0.05) is 64.3 Å². The minimum absolute atomic E-state index is 0.0892. The Kier molecular flexibility index (Phi) is 12.8. The molecular formula is C24H40O5. The first-order chi connectivity index (χ1) is 13.9. The maximum atomic E-state index is 12.2. The maximum absolute atomic E-state index is 12.2. The quantitative estimate of drug-likeness (QED) is 0.253. The second kappa shape index (κ2) is 14.5. The highest BCUT2D eigenvalue weighted by molar-refractivity contribution is 5.84. The molecule has 0 aromatic heterocycles. The van der Waals surface area contributed by atoms with Crippen molar-refractivity contribution in [3.8, 4) is 0 Å². The van der Waals surface area contributed by atoms with Gasteiger partial charge >= 0.3 is 5.97 Å². The Labute approximate surface area is 176 Å². The fourth-order valence-corrected chi connectivity index (χ4v) is 3.55. The third-order valence-electron chi connectivity index (χ3n) is 5.43. The number of aliphatic hydroxyl groups is 2. The third kappa shape index (κ3) is 10.2. The van der Waals surface area contributed by atoms with Gasteiger partial charge in [-0.3, -0.25) is 9.59 Å². The molecule has 0 radical (unpaired) electrons. The standard InChI is InChI=1S/C24H40O5/c1-4-5-9-12-19(25)14-15-21-20(22(26)17-23(21)27)13-10-7-6-8-11-16-29-24(28)18(2)3/h7,10,14-15,18-21,23,25,27H,4-6,8-9,11-13,16-17H2,1-3H3/b10-7-,15-14+/t19-,20+,21+,23+/m0/s1. The van der Waals surface area contributed by atoms with Crippen LogP contribution >= 0.6 is 0 Å². The van der Waals surface area contributed by atoms with Crippen LogP contribution in [0.4, 0.5) is 0 Å². The topological polar surface area (TPSA) is 83.8 Å². The van der Waals surface area contributed by atoms with Crippen molar-refractivity contribution in [2.24, 2.45) is 17.8 Å². The number of hydrogen-bond acceptors (Lipinski definition) is 5. The highest BCUT2D eigenvalue weighted by Gasteiger charge is 2.39. The van der Waals surface area contributed by atoms with Crippen LogP contribution in [-0.4, -0.2) is 40.8 Å². The van der Waals surface area contributed by atoms with E-state index < -0.39 is 12.2 Å². The number of esters is 1. The normalized spacial score (nSPS) is 23.5. The van der Waals surface area contributed by atoms with Gasteiger partial charge in [-0.15, -0.1) is 0 Å². The summed E-state index contributed by atoms with van der Waals surface area (Å²) in [4.78, 5) is 23.6. The van der Waals surface area contributed by atoms with E-state index in [-0.39, 0.29) is 35.9 Å². The zero-order chi connectivity index (χ0) is 21.6. The summed E-state index contributed by atoms with van der Waals surface area (Å²) in [6, 6.07) is 0. The molecule has 1 aliphatic rings. The van der Waals surface area contributed by atoms with E-state index in [0.29, 0.717) is 13.0 Å². The van der Waals surface area contributed by atoms with Crippen LogP contribution in [0, 0.1) is 17.8 Å². The predicted molar refractivity (Wildman–Crippen MR) is 115 cm³/mol. The molecule has 0 bridgehead atoms. The van der Waals surface area contributed by atoms with Crippen LogP contribution in [-0.2, 0) is 14.3 Å². The molecular weight excluding hydrogens is 368 g/mol. The second-order valence-electron chi connectivity index (χ2n) is 8.39. The smallest absolute Gasteiger partial charge is 0.308 e. The Morgan fingerprint density at radius 1 is 1.21 bits per heavy atom. The molecule has 5 heteroatoms. The fourth-order valence-electron chi connectivity index (χ4n) is 3.55. The average Bonchev–Trinajstić information content (AvgIpc) is 2.94. The Bertz CT molecular complexity index is 537. The summed E-state index contributed by atoms with van der Waals surface area (Å²) in [6.45, 7) is 6.22. The molecule has 0 heterocycles. The number of ether oxygens (including phenoxy) is 1. The van der Waals surface area contributed by atoms with Gasteiger partial charge in [0.25, 0.3) is 0 Å². The van der Waals surface area contributed by atoms with E-state index in [0.717, 1.165) is 44.9 Å². The number of carbonyl (C=O) groups excluding carboxylic acids is 2. The van der Waals surface area contributed by atoms with E-state index in [1.807, 2.05) is 26.0 Å². The Morgan fingerprint density at radius 2 is 1.97 bits per heavy atom. The summed E-state index contributed by atoms with van der Waals surface area (Å²) in [6.07, 6.45) is 13.8. The van der Waals surface area contributed by atoms with Gasteiger partial charge in [0.2, 0.25) is 0 Å². The summed E-state index contributed by atoms with van der Waals surface area (Å²) in [5.41, 5.74) is 0. The number of unbranched alkanes of at least 4 members (excludes halogenated alkanes) is 4.